The Balaban J connectivity index is 3.18. The molecule has 122 valence electrons. The van der Waals surface area contributed by atoms with Gasteiger partial charge in [-0.15, -0.1) is 22.9 Å². The lowest BCUT2D eigenvalue weighted by molar-refractivity contribution is 0.163. The number of hydrogen-bond acceptors (Lipinski definition) is 4. The van der Waals surface area contributed by atoms with E-state index in [0.29, 0.717) is 23.2 Å². The molecule has 7 heteroatoms. The van der Waals surface area contributed by atoms with E-state index in [-0.39, 0.29) is 6.04 Å². The first-order valence-electron chi connectivity index (χ1n) is 7.08. The third kappa shape index (κ3) is 4.42. The molecule has 0 atom stereocenters. The zero-order valence-corrected chi connectivity index (χ0v) is 15.4. The average Bonchev–Trinajstić information content (AvgIpc) is 2.85. The van der Waals surface area contributed by atoms with Crippen LogP contribution in [0.15, 0.2) is 10.3 Å². The number of halogens is 1. The molecule has 0 aliphatic heterocycles. The lowest BCUT2D eigenvalue weighted by Gasteiger charge is -2.28. The van der Waals surface area contributed by atoms with Crippen molar-refractivity contribution in [2.45, 2.75) is 49.7 Å². The van der Waals surface area contributed by atoms with Crippen molar-refractivity contribution in [3.63, 3.8) is 0 Å². The van der Waals surface area contributed by atoms with Crippen LogP contribution in [0, 0.1) is 6.92 Å². The standard InChI is InChI=1S/C14H24ClNO3S2/c1-5-12(6-2)16(7-8-19-4)21(17,18)14-9-11(3)13(10-15)20-14/h9,12H,5-8,10H2,1-4H3. The maximum Gasteiger partial charge on any atom is 0.252 e. The van der Waals surface area contributed by atoms with Gasteiger partial charge in [0.15, 0.2) is 0 Å². The molecule has 0 N–H and O–H groups in total. The lowest BCUT2D eigenvalue weighted by atomic mass is 10.2. The van der Waals surface area contributed by atoms with Crippen molar-refractivity contribution >= 4 is 33.0 Å². The van der Waals surface area contributed by atoms with Crippen LogP contribution < -0.4 is 0 Å². The molecule has 1 rings (SSSR count). The summed E-state index contributed by atoms with van der Waals surface area (Å²) in [5.74, 6) is 0.342. The Morgan fingerprint density at radius 1 is 1.38 bits per heavy atom. The normalized spacial score (nSPS) is 12.5. The van der Waals surface area contributed by atoms with Gasteiger partial charge < -0.3 is 4.74 Å². The van der Waals surface area contributed by atoms with E-state index in [1.54, 1.807) is 17.5 Å². The highest BCUT2D eigenvalue weighted by Gasteiger charge is 2.31. The highest BCUT2D eigenvalue weighted by Crippen LogP contribution is 2.31. The Morgan fingerprint density at radius 3 is 2.43 bits per heavy atom. The van der Waals surface area contributed by atoms with Gasteiger partial charge in [0.2, 0.25) is 0 Å². The monoisotopic (exact) mass is 353 g/mol. The van der Waals surface area contributed by atoms with E-state index in [1.807, 2.05) is 20.8 Å². The van der Waals surface area contributed by atoms with E-state index < -0.39 is 10.0 Å². The summed E-state index contributed by atoms with van der Waals surface area (Å²) in [4.78, 5) is 0.909. The number of methoxy groups -OCH3 is 1. The van der Waals surface area contributed by atoms with Crippen molar-refractivity contribution in [1.82, 2.24) is 4.31 Å². The number of rotatable bonds is 9. The Kier molecular flexibility index (Phi) is 7.64. The van der Waals surface area contributed by atoms with Gasteiger partial charge in [0.05, 0.1) is 12.5 Å². The van der Waals surface area contributed by atoms with Crippen molar-refractivity contribution in [1.29, 1.82) is 0 Å². The second kappa shape index (κ2) is 8.48. The highest BCUT2D eigenvalue weighted by molar-refractivity contribution is 7.91. The summed E-state index contributed by atoms with van der Waals surface area (Å²) in [6.45, 7) is 6.67. The zero-order valence-electron chi connectivity index (χ0n) is 13.1. The predicted octanol–water partition coefficient (Wildman–Crippen LogP) is 3.62. The van der Waals surface area contributed by atoms with Crippen LogP contribution in [0.5, 0.6) is 0 Å². The van der Waals surface area contributed by atoms with E-state index in [0.717, 1.165) is 23.3 Å². The molecule has 0 aliphatic carbocycles. The fourth-order valence-corrected chi connectivity index (χ4v) is 5.94. The molecular formula is C14H24ClNO3S2. The van der Waals surface area contributed by atoms with Crippen LogP contribution in [0.25, 0.3) is 0 Å². The maximum absolute atomic E-state index is 12.9. The number of alkyl halides is 1. The van der Waals surface area contributed by atoms with Crippen LogP contribution >= 0.6 is 22.9 Å². The minimum atomic E-state index is -3.50. The van der Waals surface area contributed by atoms with Crippen LogP contribution in [0.4, 0.5) is 0 Å². The Labute approximate surface area is 137 Å². The topological polar surface area (TPSA) is 46.6 Å². The third-order valence-corrected chi connectivity index (χ3v) is 7.61. The molecule has 4 nitrogen and oxygen atoms in total. The zero-order chi connectivity index (χ0) is 16.0. The van der Waals surface area contributed by atoms with E-state index in [9.17, 15) is 8.42 Å². The van der Waals surface area contributed by atoms with Gasteiger partial charge in [-0.05, 0) is 31.4 Å². The minimum Gasteiger partial charge on any atom is -0.383 e. The van der Waals surface area contributed by atoms with Crippen molar-refractivity contribution in [2.24, 2.45) is 0 Å². The molecule has 0 amide bonds. The van der Waals surface area contributed by atoms with Gasteiger partial charge in [-0.3, -0.25) is 0 Å². The van der Waals surface area contributed by atoms with E-state index in [4.69, 9.17) is 16.3 Å². The smallest absolute Gasteiger partial charge is 0.252 e. The molecule has 0 aromatic carbocycles. The van der Waals surface area contributed by atoms with Crippen molar-refractivity contribution in [2.75, 3.05) is 20.3 Å². The summed E-state index contributed by atoms with van der Waals surface area (Å²) in [5.41, 5.74) is 0.935. The number of hydrogen-bond donors (Lipinski definition) is 0. The van der Waals surface area contributed by atoms with E-state index in [2.05, 4.69) is 0 Å². The Bertz CT molecular complexity index is 538. The summed E-state index contributed by atoms with van der Waals surface area (Å²) < 4.78 is 32.8. The maximum atomic E-state index is 12.9. The van der Waals surface area contributed by atoms with Gasteiger partial charge in [-0.1, -0.05) is 13.8 Å². The molecule has 0 aliphatic rings. The molecule has 0 spiro atoms. The van der Waals surface area contributed by atoms with Crippen molar-refractivity contribution in [3.05, 3.63) is 16.5 Å². The molecular weight excluding hydrogens is 330 g/mol. The summed E-state index contributed by atoms with van der Waals surface area (Å²) in [5, 5.41) is 0. The Morgan fingerprint density at radius 2 is 2.00 bits per heavy atom. The molecule has 0 saturated carbocycles. The molecule has 1 aromatic rings. The van der Waals surface area contributed by atoms with Gasteiger partial charge >= 0.3 is 0 Å². The molecule has 0 saturated heterocycles. The fourth-order valence-electron chi connectivity index (χ4n) is 2.24. The van der Waals surface area contributed by atoms with Crippen molar-refractivity contribution < 1.29 is 13.2 Å². The quantitative estimate of drug-likeness (QED) is 0.637. The van der Waals surface area contributed by atoms with Crippen LogP contribution in [0.2, 0.25) is 0 Å². The lowest BCUT2D eigenvalue weighted by Crippen LogP contribution is -2.41. The van der Waals surface area contributed by atoms with Crippen LogP contribution in [0.1, 0.15) is 37.1 Å². The molecule has 0 bridgehead atoms. The third-order valence-electron chi connectivity index (χ3n) is 3.55. The van der Waals surface area contributed by atoms with Crippen LogP contribution in [-0.2, 0) is 20.6 Å². The van der Waals surface area contributed by atoms with Crippen molar-refractivity contribution in [3.8, 4) is 0 Å². The van der Waals surface area contributed by atoms with Crippen LogP contribution in [0.3, 0.4) is 0 Å². The van der Waals surface area contributed by atoms with Gasteiger partial charge in [0, 0.05) is 24.6 Å². The minimum absolute atomic E-state index is 0.00740. The second-order valence-electron chi connectivity index (χ2n) is 4.88. The summed E-state index contributed by atoms with van der Waals surface area (Å²) in [7, 11) is -1.91. The molecule has 0 fully saturated rings. The number of nitrogens with zero attached hydrogens (tertiary/aromatic N) is 1. The van der Waals surface area contributed by atoms with Gasteiger partial charge in [-0.25, -0.2) is 8.42 Å². The summed E-state index contributed by atoms with van der Waals surface area (Å²) in [6, 6.07) is 1.71. The Hall–Kier alpha value is -0.140. The van der Waals surface area contributed by atoms with E-state index in [1.165, 1.54) is 11.3 Å². The summed E-state index contributed by atoms with van der Waals surface area (Å²) >= 11 is 7.12. The van der Waals surface area contributed by atoms with Gasteiger partial charge in [0.1, 0.15) is 4.21 Å². The first-order chi connectivity index (χ1) is 9.92. The number of thiophene rings is 1. The number of ether oxygens (including phenoxy) is 1. The first-order valence-corrected chi connectivity index (χ1v) is 9.87. The molecule has 1 heterocycles. The summed E-state index contributed by atoms with van der Waals surface area (Å²) in [6.07, 6.45) is 1.57. The molecule has 21 heavy (non-hydrogen) atoms. The SMILES string of the molecule is CCC(CC)N(CCOC)S(=O)(=O)c1cc(C)c(CCl)s1. The predicted molar refractivity (Wildman–Crippen MR) is 88.8 cm³/mol. The number of sulfonamides is 1. The van der Waals surface area contributed by atoms with Gasteiger partial charge in [0.25, 0.3) is 10.0 Å². The van der Waals surface area contributed by atoms with Gasteiger partial charge in [-0.2, -0.15) is 4.31 Å². The van der Waals surface area contributed by atoms with E-state index >= 15 is 0 Å². The molecule has 0 unspecified atom stereocenters. The molecule has 0 radical (unpaired) electrons. The number of aryl methyl sites for hydroxylation is 1. The largest absolute Gasteiger partial charge is 0.383 e. The first kappa shape index (κ1) is 18.9. The molecule has 1 aromatic heterocycles. The highest BCUT2D eigenvalue weighted by atomic mass is 35.5. The second-order valence-corrected chi connectivity index (χ2v) is 8.41. The fraction of sp³-hybridized carbons (Fsp3) is 0.714. The van der Waals surface area contributed by atoms with Crippen LogP contribution in [-0.4, -0.2) is 39.0 Å². The average molecular weight is 354 g/mol.